The monoisotopic (exact) mass is 426 g/mol. The number of pyridine rings is 1. The van der Waals surface area contributed by atoms with Gasteiger partial charge in [0, 0.05) is 11.6 Å². The van der Waals surface area contributed by atoms with Crippen molar-refractivity contribution in [2.45, 2.75) is 20.4 Å². The third-order valence-corrected chi connectivity index (χ3v) is 4.70. The summed E-state index contributed by atoms with van der Waals surface area (Å²) in [5.41, 5.74) is 2.38. The van der Waals surface area contributed by atoms with Gasteiger partial charge in [0.2, 0.25) is 0 Å². The molecule has 30 heavy (non-hydrogen) atoms. The van der Waals surface area contributed by atoms with Gasteiger partial charge in [0.05, 0.1) is 35.0 Å². The van der Waals surface area contributed by atoms with Gasteiger partial charge in [-0.05, 0) is 31.6 Å². The van der Waals surface area contributed by atoms with Gasteiger partial charge in [-0.15, -0.1) is 0 Å². The molecule has 0 aliphatic rings. The van der Waals surface area contributed by atoms with Gasteiger partial charge in [0.25, 0.3) is 5.69 Å². The average Bonchev–Trinajstić information content (AvgIpc) is 2.99. The second kappa shape index (κ2) is 9.32. The second-order valence-electron chi connectivity index (χ2n) is 6.37. The molecule has 0 amide bonds. The number of carbonyl (C=O) groups excluding carboxylic acids is 1. The number of rotatable bonds is 7. The lowest BCUT2D eigenvalue weighted by molar-refractivity contribution is -0.385. The molecule has 0 aliphatic carbocycles. The Morgan fingerprint density at radius 2 is 2.03 bits per heavy atom. The highest BCUT2D eigenvalue weighted by molar-refractivity contribution is 6.31. The van der Waals surface area contributed by atoms with Crippen molar-refractivity contribution in [3.05, 3.63) is 85.9 Å². The lowest BCUT2D eigenvalue weighted by Crippen LogP contribution is -2.08. The first-order valence-electron chi connectivity index (χ1n) is 9.17. The van der Waals surface area contributed by atoms with Crippen LogP contribution in [0.4, 0.5) is 5.69 Å². The maximum Gasteiger partial charge on any atom is 0.340 e. The SMILES string of the molecule is CCOC(=O)c1cc([N+](=O)[O-])cnc1/C=C\c1c(C)nn(Cc2ccccc2)c1Cl. The largest absolute Gasteiger partial charge is 0.462 e. The summed E-state index contributed by atoms with van der Waals surface area (Å²) >= 11 is 6.51. The summed E-state index contributed by atoms with van der Waals surface area (Å²) in [5.74, 6) is -0.684. The first kappa shape index (κ1) is 21.2. The Hall–Kier alpha value is -3.52. The normalized spacial score (nSPS) is 11.0. The molecule has 3 rings (SSSR count). The Kier molecular flexibility index (Phi) is 6.58. The van der Waals surface area contributed by atoms with Crippen LogP contribution in [0.15, 0.2) is 42.6 Å². The predicted octanol–water partition coefficient (Wildman–Crippen LogP) is 4.54. The third-order valence-electron chi connectivity index (χ3n) is 4.30. The van der Waals surface area contributed by atoms with Crippen LogP contribution in [-0.2, 0) is 11.3 Å². The lowest BCUT2D eigenvalue weighted by atomic mass is 10.1. The summed E-state index contributed by atoms with van der Waals surface area (Å²) in [6, 6.07) is 10.9. The minimum absolute atomic E-state index is 0.00718. The summed E-state index contributed by atoms with van der Waals surface area (Å²) in [6.45, 7) is 4.13. The van der Waals surface area contributed by atoms with E-state index < -0.39 is 10.9 Å². The third kappa shape index (κ3) is 4.72. The molecule has 0 bridgehead atoms. The fourth-order valence-electron chi connectivity index (χ4n) is 2.85. The molecule has 0 fully saturated rings. The molecule has 8 nitrogen and oxygen atoms in total. The average molecular weight is 427 g/mol. The van der Waals surface area contributed by atoms with Crippen molar-refractivity contribution in [3.8, 4) is 0 Å². The van der Waals surface area contributed by atoms with Crippen molar-refractivity contribution >= 4 is 35.4 Å². The molecule has 1 aromatic carbocycles. The van der Waals surface area contributed by atoms with E-state index in [1.165, 1.54) is 0 Å². The quantitative estimate of drug-likeness (QED) is 0.312. The standard InChI is InChI=1S/C21H19ClN4O4/c1-3-30-21(27)18-11-16(26(28)29)12-23-19(18)10-9-17-14(2)24-25(20(17)22)13-15-7-5-4-6-8-15/h4-12H,3,13H2,1-2H3/b10-9-. The molecule has 0 atom stereocenters. The van der Waals surface area contributed by atoms with E-state index in [4.69, 9.17) is 16.3 Å². The van der Waals surface area contributed by atoms with Gasteiger partial charge in [-0.1, -0.05) is 41.9 Å². The van der Waals surface area contributed by atoms with E-state index in [1.807, 2.05) is 37.3 Å². The fraction of sp³-hybridized carbons (Fsp3) is 0.190. The van der Waals surface area contributed by atoms with Gasteiger partial charge in [-0.2, -0.15) is 5.10 Å². The molecule has 3 aromatic rings. The number of carbonyl (C=O) groups is 1. The Bertz CT molecular complexity index is 1110. The van der Waals surface area contributed by atoms with Crippen molar-refractivity contribution in [1.29, 1.82) is 0 Å². The highest BCUT2D eigenvalue weighted by Crippen LogP contribution is 2.24. The van der Waals surface area contributed by atoms with Crippen molar-refractivity contribution in [1.82, 2.24) is 14.8 Å². The zero-order valence-corrected chi connectivity index (χ0v) is 17.2. The van der Waals surface area contributed by atoms with E-state index in [2.05, 4.69) is 10.1 Å². The van der Waals surface area contributed by atoms with Crippen LogP contribution in [-0.4, -0.2) is 32.3 Å². The van der Waals surface area contributed by atoms with E-state index in [-0.39, 0.29) is 23.6 Å². The molecule has 0 saturated heterocycles. The van der Waals surface area contributed by atoms with Crippen LogP contribution < -0.4 is 0 Å². The molecule has 0 saturated carbocycles. The van der Waals surface area contributed by atoms with Crippen LogP contribution >= 0.6 is 11.6 Å². The molecular formula is C21H19ClN4O4. The summed E-state index contributed by atoms with van der Waals surface area (Å²) in [5, 5.41) is 15.9. The number of esters is 1. The van der Waals surface area contributed by atoms with Gasteiger partial charge in [-0.25, -0.2) is 14.5 Å². The topological polar surface area (TPSA) is 100 Å². The van der Waals surface area contributed by atoms with Gasteiger partial charge >= 0.3 is 5.97 Å². The summed E-state index contributed by atoms with van der Waals surface area (Å²) in [7, 11) is 0. The van der Waals surface area contributed by atoms with Gasteiger partial charge in [-0.3, -0.25) is 10.1 Å². The Balaban J connectivity index is 1.94. The first-order valence-corrected chi connectivity index (χ1v) is 9.55. The number of aryl methyl sites for hydroxylation is 1. The molecule has 2 aromatic heterocycles. The number of hydrogen-bond donors (Lipinski definition) is 0. The molecule has 154 valence electrons. The fourth-order valence-corrected chi connectivity index (χ4v) is 3.15. The Morgan fingerprint density at radius 3 is 2.70 bits per heavy atom. The minimum Gasteiger partial charge on any atom is -0.462 e. The Morgan fingerprint density at radius 1 is 1.30 bits per heavy atom. The van der Waals surface area contributed by atoms with Crippen molar-refractivity contribution in [3.63, 3.8) is 0 Å². The smallest absolute Gasteiger partial charge is 0.340 e. The molecule has 2 heterocycles. The molecule has 0 radical (unpaired) electrons. The predicted molar refractivity (Wildman–Crippen MR) is 113 cm³/mol. The molecular weight excluding hydrogens is 408 g/mol. The highest BCUT2D eigenvalue weighted by atomic mass is 35.5. The van der Waals surface area contributed by atoms with Gasteiger partial charge in [0.1, 0.15) is 11.3 Å². The minimum atomic E-state index is -0.684. The maximum atomic E-state index is 12.2. The van der Waals surface area contributed by atoms with Crippen LogP contribution in [0.2, 0.25) is 5.15 Å². The van der Waals surface area contributed by atoms with E-state index >= 15 is 0 Å². The van der Waals surface area contributed by atoms with E-state index in [1.54, 1.807) is 23.8 Å². The molecule has 0 spiro atoms. The van der Waals surface area contributed by atoms with Crippen LogP contribution in [0, 0.1) is 17.0 Å². The second-order valence-corrected chi connectivity index (χ2v) is 6.73. The summed E-state index contributed by atoms with van der Waals surface area (Å²) in [6.07, 6.45) is 4.34. The van der Waals surface area contributed by atoms with Crippen molar-refractivity contribution in [2.75, 3.05) is 6.61 Å². The number of hydrogen-bond acceptors (Lipinski definition) is 6. The van der Waals surface area contributed by atoms with E-state index in [9.17, 15) is 14.9 Å². The molecule has 9 heteroatoms. The first-order chi connectivity index (χ1) is 14.4. The van der Waals surface area contributed by atoms with E-state index in [0.29, 0.717) is 23.0 Å². The number of benzene rings is 1. The summed E-state index contributed by atoms with van der Waals surface area (Å²) in [4.78, 5) is 26.7. The van der Waals surface area contributed by atoms with E-state index in [0.717, 1.165) is 17.8 Å². The number of aromatic nitrogens is 3. The van der Waals surface area contributed by atoms with Crippen LogP contribution in [0.1, 0.15) is 39.8 Å². The van der Waals surface area contributed by atoms with Crippen molar-refractivity contribution in [2.24, 2.45) is 0 Å². The molecule has 0 unspecified atom stereocenters. The van der Waals surface area contributed by atoms with Crippen LogP contribution in [0.5, 0.6) is 0 Å². The van der Waals surface area contributed by atoms with Gasteiger partial charge < -0.3 is 4.74 Å². The van der Waals surface area contributed by atoms with Crippen molar-refractivity contribution < 1.29 is 14.5 Å². The Labute approximate surface area is 177 Å². The lowest BCUT2D eigenvalue weighted by Gasteiger charge is -2.05. The summed E-state index contributed by atoms with van der Waals surface area (Å²) < 4.78 is 6.68. The van der Waals surface area contributed by atoms with Crippen LogP contribution in [0.25, 0.3) is 12.2 Å². The molecule has 0 N–H and O–H groups in total. The zero-order valence-electron chi connectivity index (χ0n) is 16.4. The number of ether oxygens (including phenoxy) is 1. The van der Waals surface area contributed by atoms with Gasteiger partial charge in [0.15, 0.2) is 0 Å². The number of nitrogens with zero attached hydrogens (tertiary/aromatic N) is 4. The highest BCUT2D eigenvalue weighted by Gasteiger charge is 2.18. The zero-order chi connectivity index (χ0) is 21.7. The number of halogens is 1. The maximum absolute atomic E-state index is 12.2. The van der Waals surface area contributed by atoms with Crippen LogP contribution in [0.3, 0.4) is 0 Å². The number of nitro groups is 1. The molecule has 0 aliphatic heterocycles.